The van der Waals surface area contributed by atoms with Gasteiger partial charge in [0.25, 0.3) is 5.91 Å². The molecule has 0 spiro atoms. The molecular weight excluding hydrogens is 398 g/mol. The van der Waals surface area contributed by atoms with Crippen LogP contribution < -0.4 is 15.2 Å². The lowest BCUT2D eigenvalue weighted by Gasteiger charge is -2.46. The lowest BCUT2D eigenvalue weighted by molar-refractivity contribution is -0.133. The number of nitrogens with two attached hydrogens (primary N) is 1. The highest BCUT2D eigenvalue weighted by Gasteiger charge is 2.42. The fourth-order valence-electron chi connectivity index (χ4n) is 4.85. The van der Waals surface area contributed by atoms with Gasteiger partial charge in [-0.1, -0.05) is 0 Å². The Balaban J connectivity index is 1.62. The summed E-state index contributed by atoms with van der Waals surface area (Å²) in [6, 6.07) is 5.61. The third kappa shape index (κ3) is 5.30. The Morgan fingerprint density at radius 3 is 2.26 bits per heavy atom. The molecule has 0 aliphatic carbocycles. The quantitative estimate of drug-likeness (QED) is 0.673. The number of ether oxygens (including phenoxy) is 3. The minimum absolute atomic E-state index is 0.0131. The molecule has 31 heavy (non-hydrogen) atoms. The minimum atomic E-state index is -0.516. The number of piperidine rings is 2. The van der Waals surface area contributed by atoms with E-state index in [0.717, 1.165) is 32.2 Å². The van der Waals surface area contributed by atoms with Crippen LogP contribution in [0.25, 0.3) is 0 Å². The van der Waals surface area contributed by atoms with E-state index in [1.165, 1.54) is 0 Å². The minimum Gasteiger partial charge on any atom is -0.497 e. The van der Waals surface area contributed by atoms with E-state index in [-0.39, 0.29) is 11.8 Å². The van der Waals surface area contributed by atoms with Crippen LogP contribution in [0.15, 0.2) is 18.2 Å². The molecule has 0 bridgehead atoms. The molecule has 2 aliphatic heterocycles. The summed E-state index contributed by atoms with van der Waals surface area (Å²) in [5, 5.41) is 0. The number of amides is 2. The van der Waals surface area contributed by atoms with Gasteiger partial charge in [0.05, 0.1) is 19.6 Å². The molecule has 2 fully saturated rings. The number of nitrogens with zero attached hydrogens (tertiary/aromatic N) is 2. The van der Waals surface area contributed by atoms with Gasteiger partial charge in [0, 0.05) is 51.0 Å². The van der Waals surface area contributed by atoms with Crippen molar-refractivity contribution in [2.24, 2.45) is 11.1 Å². The van der Waals surface area contributed by atoms with Gasteiger partial charge in [-0.05, 0) is 50.8 Å². The van der Waals surface area contributed by atoms with Crippen LogP contribution in [0.3, 0.4) is 0 Å². The molecule has 0 aromatic heterocycles. The van der Waals surface area contributed by atoms with E-state index >= 15 is 0 Å². The van der Waals surface area contributed by atoms with Crippen LogP contribution in [0, 0.1) is 5.41 Å². The van der Waals surface area contributed by atoms with Crippen molar-refractivity contribution in [2.45, 2.75) is 38.1 Å². The Hall–Kier alpha value is -2.32. The standard InChI is InChI=1S/C23H35N3O5/c1-29-12-8-23(22(24)28)7-4-9-26(16-23)18-5-10-25(11-6-18)21(27)17-13-19(30-2)15-20(14-17)31-3/h13-15,18H,4-12,16H2,1-3H3,(H2,24,28). The second-order valence-electron chi connectivity index (χ2n) is 8.59. The van der Waals surface area contributed by atoms with Gasteiger partial charge in [-0.2, -0.15) is 0 Å². The van der Waals surface area contributed by atoms with E-state index in [1.807, 2.05) is 4.90 Å². The summed E-state index contributed by atoms with van der Waals surface area (Å²) in [4.78, 5) is 29.6. The first-order valence-electron chi connectivity index (χ1n) is 11.0. The smallest absolute Gasteiger partial charge is 0.254 e. The van der Waals surface area contributed by atoms with Gasteiger partial charge < -0.3 is 24.8 Å². The van der Waals surface area contributed by atoms with E-state index in [4.69, 9.17) is 19.9 Å². The topological polar surface area (TPSA) is 94.3 Å². The van der Waals surface area contributed by atoms with Crippen LogP contribution in [0.5, 0.6) is 11.5 Å². The number of methoxy groups -OCH3 is 3. The first kappa shape index (κ1) is 23.3. The van der Waals surface area contributed by atoms with E-state index in [1.54, 1.807) is 39.5 Å². The molecule has 8 heteroatoms. The summed E-state index contributed by atoms with van der Waals surface area (Å²) in [5.41, 5.74) is 5.87. The maximum Gasteiger partial charge on any atom is 0.254 e. The second kappa shape index (κ2) is 10.3. The summed E-state index contributed by atoms with van der Waals surface area (Å²) < 4.78 is 15.8. The highest BCUT2D eigenvalue weighted by atomic mass is 16.5. The molecule has 2 N–H and O–H groups in total. The average molecular weight is 434 g/mol. The number of likely N-dealkylation sites (tertiary alicyclic amines) is 2. The Morgan fingerprint density at radius 2 is 1.71 bits per heavy atom. The maximum absolute atomic E-state index is 13.1. The normalized spacial score (nSPS) is 22.9. The van der Waals surface area contributed by atoms with Crippen molar-refractivity contribution in [3.63, 3.8) is 0 Å². The Bertz CT molecular complexity index is 756. The number of rotatable bonds is 8. The van der Waals surface area contributed by atoms with Crippen LogP contribution in [-0.2, 0) is 9.53 Å². The van der Waals surface area contributed by atoms with Crippen LogP contribution in [0.4, 0.5) is 0 Å². The molecule has 0 saturated carbocycles. The zero-order chi connectivity index (χ0) is 22.4. The third-order valence-electron chi connectivity index (χ3n) is 6.78. The molecule has 1 atom stereocenters. The van der Waals surface area contributed by atoms with Crippen molar-refractivity contribution in [1.29, 1.82) is 0 Å². The van der Waals surface area contributed by atoms with Crippen molar-refractivity contribution >= 4 is 11.8 Å². The molecule has 2 heterocycles. The van der Waals surface area contributed by atoms with Gasteiger partial charge in [-0.15, -0.1) is 0 Å². The predicted molar refractivity (Wildman–Crippen MR) is 117 cm³/mol. The summed E-state index contributed by atoms with van der Waals surface area (Å²) in [6.07, 6.45) is 4.19. The summed E-state index contributed by atoms with van der Waals surface area (Å²) in [5.74, 6) is 0.962. The SMILES string of the molecule is COCCC1(C(N)=O)CCCN(C2CCN(C(=O)c3cc(OC)cc(OC)c3)CC2)C1. The van der Waals surface area contributed by atoms with Gasteiger partial charge in [0.2, 0.25) is 5.91 Å². The largest absolute Gasteiger partial charge is 0.497 e. The first-order chi connectivity index (χ1) is 14.9. The maximum atomic E-state index is 13.1. The van der Waals surface area contributed by atoms with Gasteiger partial charge in [0.1, 0.15) is 11.5 Å². The van der Waals surface area contributed by atoms with Crippen molar-refractivity contribution in [3.8, 4) is 11.5 Å². The zero-order valence-electron chi connectivity index (χ0n) is 18.9. The molecule has 3 rings (SSSR count). The van der Waals surface area contributed by atoms with Gasteiger partial charge >= 0.3 is 0 Å². The van der Waals surface area contributed by atoms with Crippen LogP contribution >= 0.6 is 0 Å². The summed E-state index contributed by atoms with van der Waals surface area (Å²) in [6.45, 7) is 3.54. The number of primary amides is 1. The monoisotopic (exact) mass is 433 g/mol. The Labute approximate surface area is 184 Å². The van der Waals surface area contributed by atoms with Gasteiger partial charge in [0.15, 0.2) is 0 Å². The molecule has 2 amide bonds. The lowest BCUT2D eigenvalue weighted by Crippen LogP contribution is -2.56. The summed E-state index contributed by atoms with van der Waals surface area (Å²) in [7, 11) is 4.80. The van der Waals surface area contributed by atoms with Gasteiger partial charge in [-0.25, -0.2) is 0 Å². The van der Waals surface area contributed by atoms with E-state index in [2.05, 4.69) is 4.90 Å². The zero-order valence-corrected chi connectivity index (χ0v) is 18.9. The Morgan fingerprint density at radius 1 is 1.06 bits per heavy atom. The molecule has 2 aliphatic rings. The van der Waals surface area contributed by atoms with Crippen LogP contribution in [0.1, 0.15) is 42.5 Å². The molecule has 1 unspecified atom stereocenters. The molecule has 1 aromatic carbocycles. The average Bonchev–Trinajstić information content (AvgIpc) is 2.82. The van der Waals surface area contributed by atoms with E-state index < -0.39 is 5.41 Å². The molecular formula is C23H35N3O5. The molecule has 8 nitrogen and oxygen atoms in total. The van der Waals surface area contributed by atoms with Crippen LogP contribution in [-0.4, -0.2) is 81.8 Å². The predicted octanol–water partition coefficient (Wildman–Crippen LogP) is 1.91. The van der Waals surface area contributed by atoms with Gasteiger partial charge in [-0.3, -0.25) is 14.5 Å². The fourth-order valence-corrected chi connectivity index (χ4v) is 4.85. The summed E-state index contributed by atoms with van der Waals surface area (Å²) >= 11 is 0. The second-order valence-corrected chi connectivity index (χ2v) is 8.59. The highest BCUT2D eigenvalue weighted by molar-refractivity contribution is 5.95. The number of carbonyl (C=O) groups is 2. The number of hydrogen-bond acceptors (Lipinski definition) is 6. The fraction of sp³-hybridized carbons (Fsp3) is 0.652. The first-order valence-corrected chi connectivity index (χ1v) is 11.0. The van der Waals surface area contributed by atoms with E-state index in [9.17, 15) is 9.59 Å². The number of benzene rings is 1. The molecule has 1 aromatic rings. The molecule has 172 valence electrons. The third-order valence-corrected chi connectivity index (χ3v) is 6.78. The van der Waals surface area contributed by atoms with Crippen molar-refractivity contribution in [3.05, 3.63) is 23.8 Å². The molecule has 0 radical (unpaired) electrons. The van der Waals surface area contributed by atoms with Crippen molar-refractivity contribution in [1.82, 2.24) is 9.80 Å². The number of carbonyl (C=O) groups excluding carboxylic acids is 2. The van der Waals surface area contributed by atoms with E-state index in [0.29, 0.717) is 55.8 Å². The highest BCUT2D eigenvalue weighted by Crippen LogP contribution is 2.36. The lowest BCUT2D eigenvalue weighted by atomic mass is 9.76. The molecule has 2 saturated heterocycles. The van der Waals surface area contributed by atoms with Crippen molar-refractivity contribution < 1.29 is 23.8 Å². The number of hydrogen-bond donors (Lipinski definition) is 1. The Kier molecular flexibility index (Phi) is 7.78. The van der Waals surface area contributed by atoms with Crippen LogP contribution in [0.2, 0.25) is 0 Å². The van der Waals surface area contributed by atoms with Crippen molar-refractivity contribution in [2.75, 3.05) is 54.1 Å².